The van der Waals surface area contributed by atoms with Crippen LogP contribution in [0.1, 0.15) is 18.0 Å². The third kappa shape index (κ3) is 5.93. The smallest absolute Gasteiger partial charge is 0.414 e. The van der Waals surface area contributed by atoms with E-state index in [0.29, 0.717) is 17.4 Å². The summed E-state index contributed by atoms with van der Waals surface area (Å²) in [4.78, 5) is 15.1. The molecule has 0 aliphatic rings. The van der Waals surface area contributed by atoms with Gasteiger partial charge in [0.25, 0.3) is 0 Å². The minimum Gasteiger partial charge on any atom is -0.493 e. The zero-order valence-corrected chi connectivity index (χ0v) is 16.4. The van der Waals surface area contributed by atoms with Crippen molar-refractivity contribution in [3.8, 4) is 11.5 Å². The summed E-state index contributed by atoms with van der Waals surface area (Å²) in [5.74, 6) is 1.29. The van der Waals surface area contributed by atoms with Crippen molar-refractivity contribution in [3.63, 3.8) is 0 Å². The number of carbonyl (C=O) groups excluding carboxylic acids is 1. The predicted molar refractivity (Wildman–Crippen MR) is 104 cm³/mol. The lowest BCUT2D eigenvalue weighted by molar-refractivity contribution is 0.172. The van der Waals surface area contributed by atoms with Gasteiger partial charge < -0.3 is 19.3 Å². The van der Waals surface area contributed by atoms with E-state index in [2.05, 4.69) is 4.90 Å². The molecule has 1 amide bonds. The molecule has 0 aromatic heterocycles. The summed E-state index contributed by atoms with van der Waals surface area (Å²) in [5.41, 5.74) is 1.13. The maximum Gasteiger partial charge on any atom is 0.414 e. The highest BCUT2D eigenvalue weighted by molar-refractivity contribution is 6.30. The molecule has 0 aliphatic heterocycles. The molecule has 0 spiro atoms. The molecule has 2 rings (SSSR count). The molecule has 140 valence electrons. The van der Waals surface area contributed by atoms with E-state index in [-0.39, 0.29) is 6.04 Å². The number of nitrogens with zero attached hydrogens (tertiary/aromatic N) is 2. The molecule has 26 heavy (non-hydrogen) atoms. The number of benzene rings is 2. The van der Waals surface area contributed by atoms with Gasteiger partial charge in [0.1, 0.15) is 11.5 Å². The minimum atomic E-state index is -0.392. The highest BCUT2D eigenvalue weighted by atomic mass is 35.5. The fourth-order valence-corrected chi connectivity index (χ4v) is 2.70. The first-order valence-corrected chi connectivity index (χ1v) is 8.78. The van der Waals surface area contributed by atoms with Crippen LogP contribution in [-0.2, 0) is 0 Å². The van der Waals surface area contributed by atoms with Gasteiger partial charge >= 0.3 is 6.09 Å². The normalized spacial score (nSPS) is 11.9. The Labute approximate surface area is 160 Å². The maximum absolute atomic E-state index is 11.6. The van der Waals surface area contributed by atoms with Crippen LogP contribution < -0.4 is 9.47 Å². The topological polar surface area (TPSA) is 42.0 Å². The van der Waals surface area contributed by atoms with Gasteiger partial charge in [0.2, 0.25) is 0 Å². The fraction of sp³-hybridized carbons (Fsp3) is 0.350. The second-order valence-corrected chi connectivity index (χ2v) is 6.84. The number of rotatable bonds is 7. The van der Waals surface area contributed by atoms with E-state index in [1.54, 1.807) is 20.2 Å². The van der Waals surface area contributed by atoms with Gasteiger partial charge in [0.15, 0.2) is 0 Å². The Morgan fingerprint density at radius 2 is 1.73 bits per heavy atom. The van der Waals surface area contributed by atoms with E-state index < -0.39 is 6.09 Å². The van der Waals surface area contributed by atoms with Crippen LogP contribution in [0.4, 0.5) is 4.79 Å². The lowest BCUT2D eigenvalue weighted by Gasteiger charge is -2.25. The van der Waals surface area contributed by atoms with Crippen molar-refractivity contribution in [1.82, 2.24) is 9.80 Å². The van der Waals surface area contributed by atoms with Gasteiger partial charge in [-0.05, 0) is 50.0 Å². The average molecular weight is 377 g/mol. The summed E-state index contributed by atoms with van der Waals surface area (Å²) in [6, 6.07) is 15.1. The molecule has 0 bridgehead atoms. The lowest BCUT2D eigenvalue weighted by Crippen LogP contribution is -2.25. The van der Waals surface area contributed by atoms with Gasteiger partial charge in [-0.3, -0.25) is 0 Å². The van der Waals surface area contributed by atoms with Crippen molar-refractivity contribution >= 4 is 17.7 Å². The van der Waals surface area contributed by atoms with Crippen molar-refractivity contribution in [3.05, 3.63) is 59.1 Å². The molecule has 6 heteroatoms. The molecule has 1 atom stereocenters. The summed E-state index contributed by atoms with van der Waals surface area (Å²) in [6.07, 6.45) is 0.424. The van der Waals surface area contributed by atoms with Gasteiger partial charge in [-0.25, -0.2) is 4.79 Å². The molecule has 0 N–H and O–H groups in total. The van der Waals surface area contributed by atoms with E-state index in [1.807, 2.05) is 56.6 Å². The van der Waals surface area contributed by atoms with Crippen LogP contribution in [0.2, 0.25) is 5.02 Å². The van der Waals surface area contributed by atoms with Gasteiger partial charge in [-0.15, -0.1) is 0 Å². The molecule has 0 radical (unpaired) electrons. The van der Waals surface area contributed by atoms with Crippen molar-refractivity contribution in [2.75, 3.05) is 34.8 Å². The monoisotopic (exact) mass is 376 g/mol. The highest BCUT2D eigenvalue weighted by Crippen LogP contribution is 2.25. The summed E-state index contributed by atoms with van der Waals surface area (Å²) >= 11 is 5.98. The SMILES string of the molecule is CN(C)C(=O)Oc1ccc(C(CCOc2cccc(Cl)c2)N(C)C)cc1. The molecule has 0 fully saturated rings. The second-order valence-electron chi connectivity index (χ2n) is 6.41. The first-order valence-electron chi connectivity index (χ1n) is 8.40. The molecule has 2 aromatic rings. The Hall–Kier alpha value is -2.24. The van der Waals surface area contributed by atoms with E-state index in [0.717, 1.165) is 17.7 Å². The fourth-order valence-electron chi connectivity index (χ4n) is 2.52. The Kier molecular flexibility index (Phi) is 7.30. The number of hydrogen-bond donors (Lipinski definition) is 0. The number of ether oxygens (including phenoxy) is 2. The molecule has 5 nitrogen and oxygen atoms in total. The summed E-state index contributed by atoms with van der Waals surface area (Å²) in [6.45, 7) is 0.570. The van der Waals surface area contributed by atoms with E-state index >= 15 is 0 Å². The molecule has 0 saturated carbocycles. The Bertz CT molecular complexity index is 717. The van der Waals surface area contributed by atoms with Crippen LogP contribution in [0.3, 0.4) is 0 Å². The largest absolute Gasteiger partial charge is 0.493 e. The zero-order chi connectivity index (χ0) is 19.1. The van der Waals surface area contributed by atoms with E-state index in [4.69, 9.17) is 21.1 Å². The summed E-state index contributed by atoms with van der Waals surface area (Å²) < 4.78 is 11.1. The summed E-state index contributed by atoms with van der Waals surface area (Å²) in [5, 5.41) is 0.662. The standard InChI is InChI=1S/C20H25ClN2O3/c1-22(2)19(12-13-25-18-7-5-6-16(21)14-18)15-8-10-17(11-9-15)26-20(24)23(3)4/h5-11,14,19H,12-13H2,1-4H3. The highest BCUT2D eigenvalue weighted by Gasteiger charge is 2.15. The molecule has 0 saturated heterocycles. The molecule has 0 heterocycles. The lowest BCUT2D eigenvalue weighted by atomic mass is 10.0. The van der Waals surface area contributed by atoms with Crippen LogP contribution >= 0.6 is 11.6 Å². The van der Waals surface area contributed by atoms with Crippen LogP contribution in [0.5, 0.6) is 11.5 Å². The molecule has 2 aromatic carbocycles. The minimum absolute atomic E-state index is 0.188. The Morgan fingerprint density at radius 3 is 2.31 bits per heavy atom. The number of hydrogen-bond acceptors (Lipinski definition) is 4. The second kappa shape index (κ2) is 9.46. The van der Waals surface area contributed by atoms with Crippen LogP contribution in [0.25, 0.3) is 0 Å². The number of amides is 1. The van der Waals surface area contributed by atoms with Crippen LogP contribution in [-0.4, -0.2) is 50.7 Å². The van der Waals surface area contributed by atoms with Crippen LogP contribution in [0, 0.1) is 0 Å². The maximum atomic E-state index is 11.6. The van der Waals surface area contributed by atoms with E-state index in [1.165, 1.54) is 4.90 Å². The Balaban J connectivity index is 1.97. The van der Waals surface area contributed by atoms with Gasteiger partial charge in [-0.1, -0.05) is 29.8 Å². The molecule has 0 aliphatic carbocycles. The van der Waals surface area contributed by atoms with Crippen molar-refractivity contribution < 1.29 is 14.3 Å². The zero-order valence-electron chi connectivity index (χ0n) is 15.6. The van der Waals surface area contributed by atoms with Crippen molar-refractivity contribution in [1.29, 1.82) is 0 Å². The van der Waals surface area contributed by atoms with Gasteiger partial charge in [0.05, 0.1) is 6.61 Å². The molecular weight excluding hydrogens is 352 g/mol. The third-order valence-electron chi connectivity index (χ3n) is 3.91. The molecular formula is C20H25ClN2O3. The quantitative estimate of drug-likeness (QED) is 0.714. The van der Waals surface area contributed by atoms with E-state index in [9.17, 15) is 4.79 Å². The third-order valence-corrected chi connectivity index (χ3v) is 4.15. The predicted octanol–water partition coefficient (Wildman–Crippen LogP) is 4.47. The number of halogens is 1. The first kappa shape index (κ1) is 20.1. The average Bonchev–Trinajstić information content (AvgIpc) is 2.59. The first-order chi connectivity index (χ1) is 12.4. The van der Waals surface area contributed by atoms with Gasteiger partial charge in [-0.2, -0.15) is 0 Å². The Morgan fingerprint density at radius 1 is 1.04 bits per heavy atom. The van der Waals surface area contributed by atoms with Crippen molar-refractivity contribution in [2.45, 2.75) is 12.5 Å². The summed E-state index contributed by atoms with van der Waals surface area (Å²) in [7, 11) is 7.37. The van der Waals surface area contributed by atoms with Crippen LogP contribution in [0.15, 0.2) is 48.5 Å². The number of carbonyl (C=O) groups is 1. The van der Waals surface area contributed by atoms with Crippen molar-refractivity contribution in [2.24, 2.45) is 0 Å². The molecule has 1 unspecified atom stereocenters. The van der Waals surface area contributed by atoms with Gasteiger partial charge in [0, 0.05) is 31.6 Å².